The molecule has 1 unspecified atom stereocenters. The van der Waals surface area contributed by atoms with E-state index in [4.69, 9.17) is 5.73 Å². The molecule has 0 saturated carbocycles. The van der Waals surface area contributed by atoms with E-state index < -0.39 is 0 Å². The van der Waals surface area contributed by atoms with Gasteiger partial charge in [0.05, 0.1) is 0 Å². The SMILES string of the molecule is CCC(N)c1ccccc1Sc1ccc2ccccc2c1. The summed E-state index contributed by atoms with van der Waals surface area (Å²) in [6, 6.07) is 23.6. The molecule has 0 amide bonds. The zero-order chi connectivity index (χ0) is 14.7. The number of benzene rings is 3. The number of nitrogens with two attached hydrogens (primary N) is 1. The third kappa shape index (κ3) is 3.12. The van der Waals surface area contributed by atoms with Crippen molar-refractivity contribution in [3.8, 4) is 0 Å². The minimum atomic E-state index is 0.106. The Balaban J connectivity index is 1.95. The van der Waals surface area contributed by atoms with Crippen LogP contribution in [-0.2, 0) is 0 Å². The van der Waals surface area contributed by atoms with E-state index >= 15 is 0 Å². The minimum absolute atomic E-state index is 0.106. The molecule has 2 N–H and O–H groups in total. The van der Waals surface area contributed by atoms with Gasteiger partial charge >= 0.3 is 0 Å². The van der Waals surface area contributed by atoms with Crippen LogP contribution in [0.2, 0.25) is 0 Å². The second-order valence-corrected chi connectivity index (χ2v) is 6.28. The first-order chi connectivity index (χ1) is 10.3. The molecule has 0 saturated heterocycles. The Morgan fingerprint density at radius 3 is 2.43 bits per heavy atom. The summed E-state index contributed by atoms with van der Waals surface area (Å²) in [4.78, 5) is 2.51. The molecule has 3 rings (SSSR count). The fraction of sp³-hybridized carbons (Fsp3) is 0.158. The molecule has 0 aliphatic rings. The molecule has 106 valence electrons. The Labute approximate surface area is 130 Å². The van der Waals surface area contributed by atoms with Crippen molar-refractivity contribution < 1.29 is 0 Å². The lowest BCUT2D eigenvalue weighted by atomic mass is 10.1. The third-order valence-electron chi connectivity index (χ3n) is 3.71. The predicted molar refractivity (Wildman–Crippen MR) is 91.7 cm³/mol. The van der Waals surface area contributed by atoms with Crippen molar-refractivity contribution in [1.29, 1.82) is 0 Å². The van der Waals surface area contributed by atoms with E-state index in [1.807, 2.05) is 0 Å². The van der Waals surface area contributed by atoms with Gasteiger partial charge in [0.2, 0.25) is 0 Å². The van der Waals surface area contributed by atoms with Crippen LogP contribution in [0, 0.1) is 0 Å². The van der Waals surface area contributed by atoms with Crippen molar-refractivity contribution in [3.05, 3.63) is 72.3 Å². The maximum Gasteiger partial charge on any atom is 0.0303 e. The van der Waals surface area contributed by atoms with Gasteiger partial charge in [-0.1, -0.05) is 67.2 Å². The zero-order valence-corrected chi connectivity index (χ0v) is 12.9. The second kappa shape index (κ2) is 6.33. The van der Waals surface area contributed by atoms with Crippen LogP contribution in [0.3, 0.4) is 0 Å². The van der Waals surface area contributed by atoms with Crippen LogP contribution < -0.4 is 5.73 Å². The summed E-state index contributed by atoms with van der Waals surface area (Å²) in [5.41, 5.74) is 7.46. The summed E-state index contributed by atoms with van der Waals surface area (Å²) < 4.78 is 0. The maximum absolute atomic E-state index is 6.23. The van der Waals surface area contributed by atoms with Crippen molar-refractivity contribution in [2.24, 2.45) is 5.73 Å². The molecule has 0 aromatic heterocycles. The van der Waals surface area contributed by atoms with Gasteiger partial charge in [-0.05, 0) is 41.0 Å². The molecule has 0 heterocycles. The Morgan fingerprint density at radius 2 is 1.62 bits per heavy atom. The summed E-state index contributed by atoms with van der Waals surface area (Å²) in [7, 11) is 0. The van der Waals surface area contributed by atoms with Gasteiger partial charge < -0.3 is 5.73 Å². The third-order valence-corrected chi connectivity index (χ3v) is 4.79. The summed E-state index contributed by atoms with van der Waals surface area (Å²) in [6.45, 7) is 2.13. The maximum atomic E-state index is 6.23. The molecule has 0 aliphatic carbocycles. The highest BCUT2D eigenvalue weighted by Gasteiger charge is 2.10. The summed E-state index contributed by atoms with van der Waals surface area (Å²) in [5.74, 6) is 0. The lowest BCUT2D eigenvalue weighted by Gasteiger charge is -2.14. The topological polar surface area (TPSA) is 26.0 Å². The normalized spacial score (nSPS) is 12.5. The molecular weight excluding hydrogens is 274 g/mol. The Hall–Kier alpha value is -1.77. The lowest BCUT2D eigenvalue weighted by Crippen LogP contribution is -2.09. The molecule has 0 fully saturated rings. The zero-order valence-electron chi connectivity index (χ0n) is 12.1. The van der Waals surface area contributed by atoms with Crippen LogP contribution in [-0.4, -0.2) is 0 Å². The summed E-state index contributed by atoms with van der Waals surface area (Å²) in [5, 5.41) is 2.56. The van der Waals surface area contributed by atoms with Gasteiger partial charge in [-0.3, -0.25) is 0 Å². The second-order valence-electron chi connectivity index (χ2n) is 5.16. The first-order valence-electron chi connectivity index (χ1n) is 7.29. The van der Waals surface area contributed by atoms with E-state index in [0.717, 1.165) is 6.42 Å². The van der Waals surface area contributed by atoms with E-state index in [1.54, 1.807) is 11.8 Å². The van der Waals surface area contributed by atoms with Crippen molar-refractivity contribution in [2.75, 3.05) is 0 Å². The van der Waals surface area contributed by atoms with E-state index in [1.165, 1.54) is 26.1 Å². The largest absolute Gasteiger partial charge is 0.324 e. The highest BCUT2D eigenvalue weighted by atomic mass is 32.2. The lowest BCUT2D eigenvalue weighted by molar-refractivity contribution is 0.685. The molecule has 3 aromatic rings. The van der Waals surface area contributed by atoms with Crippen LogP contribution in [0.4, 0.5) is 0 Å². The molecule has 1 nitrogen and oxygen atoms in total. The number of hydrogen-bond donors (Lipinski definition) is 1. The fourth-order valence-corrected chi connectivity index (χ4v) is 3.52. The standard InChI is InChI=1S/C19H19NS/c1-2-18(20)17-9-5-6-10-19(17)21-16-12-11-14-7-3-4-8-15(14)13-16/h3-13,18H,2,20H2,1H3. The fourth-order valence-electron chi connectivity index (χ4n) is 2.46. The molecular formula is C19H19NS. The first-order valence-corrected chi connectivity index (χ1v) is 8.10. The first kappa shape index (κ1) is 14.2. The molecule has 21 heavy (non-hydrogen) atoms. The molecule has 0 aliphatic heterocycles. The van der Waals surface area contributed by atoms with Crippen molar-refractivity contribution >= 4 is 22.5 Å². The average Bonchev–Trinajstić information content (AvgIpc) is 2.54. The van der Waals surface area contributed by atoms with Crippen LogP contribution in [0.25, 0.3) is 10.8 Å². The average molecular weight is 293 g/mol. The van der Waals surface area contributed by atoms with Gasteiger partial charge in [0.25, 0.3) is 0 Å². The van der Waals surface area contributed by atoms with E-state index in [0.29, 0.717) is 0 Å². The molecule has 3 aromatic carbocycles. The van der Waals surface area contributed by atoms with Crippen molar-refractivity contribution in [3.63, 3.8) is 0 Å². The minimum Gasteiger partial charge on any atom is -0.324 e. The van der Waals surface area contributed by atoms with Gasteiger partial charge in [0, 0.05) is 15.8 Å². The van der Waals surface area contributed by atoms with E-state index in [9.17, 15) is 0 Å². The highest BCUT2D eigenvalue weighted by molar-refractivity contribution is 7.99. The van der Waals surface area contributed by atoms with Gasteiger partial charge in [0.15, 0.2) is 0 Å². The number of rotatable bonds is 4. The molecule has 0 bridgehead atoms. The Kier molecular flexibility index (Phi) is 4.28. The van der Waals surface area contributed by atoms with Gasteiger partial charge in [0.1, 0.15) is 0 Å². The Morgan fingerprint density at radius 1 is 0.905 bits per heavy atom. The van der Waals surface area contributed by atoms with Crippen molar-refractivity contribution in [1.82, 2.24) is 0 Å². The monoisotopic (exact) mass is 293 g/mol. The number of fused-ring (bicyclic) bond motifs is 1. The molecule has 2 heteroatoms. The van der Waals surface area contributed by atoms with E-state index in [-0.39, 0.29) is 6.04 Å². The predicted octanol–water partition coefficient (Wildman–Crippen LogP) is 5.40. The van der Waals surface area contributed by atoms with Gasteiger partial charge in [-0.25, -0.2) is 0 Å². The number of hydrogen-bond acceptors (Lipinski definition) is 2. The van der Waals surface area contributed by atoms with E-state index in [2.05, 4.69) is 73.7 Å². The Bertz CT molecular complexity index is 751. The van der Waals surface area contributed by atoms with Crippen LogP contribution >= 0.6 is 11.8 Å². The highest BCUT2D eigenvalue weighted by Crippen LogP contribution is 2.34. The van der Waals surface area contributed by atoms with Gasteiger partial charge in [-0.15, -0.1) is 0 Å². The summed E-state index contributed by atoms with van der Waals surface area (Å²) in [6.07, 6.45) is 0.954. The summed E-state index contributed by atoms with van der Waals surface area (Å²) >= 11 is 1.79. The molecule has 0 spiro atoms. The van der Waals surface area contributed by atoms with Crippen LogP contribution in [0.15, 0.2) is 76.5 Å². The van der Waals surface area contributed by atoms with Crippen LogP contribution in [0.5, 0.6) is 0 Å². The van der Waals surface area contributed by atoms with Crippen LogP contribution in [0.1, 0.15) is 24.9 Å². The quantitative estimate of drug-likeness (QED) is 0.697. The molecule has 0 radical (unpaired) electrons. The van der Waals surface area contributed by atoms with Crippen molar-refractivity contribution in [2.45, 2.75) is 29.2 Å². The smallest absolute Gasteiger partial charge is 0.0303 e. The van der Waals surface area contributed by atoms with Gasteiger partial charge in [-0.2, -0.15) is 0 Å². The molecule has 1 atom stereocenters.